The fraction of sp³-hybridized carbons (Fsp3) is 0.667. The predicted octanol–water partition coefficient (Wildman–Crippen LogP) is 1.40. The van der Waals surface area contributed by atoms with Crippen molar-refractivity contribution in [1.29, 1.82) is 0 Å². The van der Waals surface area contributed by atoms with Gasteiger partial charge in [-0.1, -0.05) is 0 Å². The number of hydrogen-bond donors (Lipinski definition) is 2. The molecule has 2 aromatic heterocycles. The van der Waals surface area contributed by atoms with E-state index < -0.39 is 0 Å². The molecule has 2 atom stereocenters. The van der Waals surface area contributed by atoms with Gasteiger partial charge in [-0.05, 0) is 37.4 Å². The highest BCUT2D eigenvalue weighted by Gasteiger charge is 2.23. The second-order valence-corrected chi connectivity index (χ2v) is 8.64. The summed E-state index contributed by atoms with van der Waals surface area (Å²) in [6.45, 7) is 3.91. The molecule has 2 fully saturated rings. The molecule has 2 saturated heterocycles. The van der Waals surface area contributed by atoms with Crippen molar-refractivity contribution in [1.82, 2.24) is 30.2 Å². The molecule has 2 aromatic rings. The van der Waals surface area contributed by atoms with E-state index in [2.05, 4.69) is 47.5 Å². The Balaban J connectivity index is 1.31. The Morgan fingerprint density at radius 3 is 3.07 bits per heavy atom. The Labute approximate surface area is 164 Å². The number of rotatable bonds is 5. The van der Waals surface area contributed by atoms with Gasteiger partial charge in [-0.25, -0.2) is 4.98 Å². The van der Waals surface area contributed by atoms with Crippen LogP contribution >= 0.6 is 11.8 Å². The quantitative estimate of drug-likeness (QED) is 0.592. The van der Waals surface area contributed by atoms with Crippen LogP contribution in [0.4, 0.5) is 5.82 Å². The molecule has 27 heavy (non-hydrogen) atoms. The lowest BCUT2D eigenvalue weighted by Crippen LogP contribution is -2.45. The van der Waals surface area contributed by atoms with E-state index in [1.165, 1.54) is 25.0 Å². The van der Waals surface area contributed by atoms with Gasteiger partial charge >= 0.3 is 0 Å². The molecule has 2 unspecified atom stereocenters. The molecule has 0 saturated carbocycles. The number of aromatic nitrogens is 4. The minimum absolute atomic E-state index is 0.558. The van der Waals surface area contributed by atoms with Gasteiger partial charge in [-0.15, -0.1) is 10.2 Å². The third-order valence-electron chi connectivity index (χ3n) is 5.32. The Morgan fingerprint density at radius 2 is 2.22 bits per heavy atom. The summed E-state index contributed by atoms with van der Waals surface area (Å²) in [6, 6.07) is 0. The maximum Gasteiger partial charge on any atom is 0.203 e. The van der Waals surface area contributed by atoms with E-state index >= 15 is 0 Å². The van der Waals surface area contributed by atoms with Crippen LogP contribution in [0.5, 0.6) is 0 Å². The summed E-state index contributed by atoms with van der Waals surface area (Å²) in [6.07, 6.45) is 10.5. The van der Waals surface area contributed by atoms with Gasteiger partial charge in [0.05, 0.1) is 0 Å². The van der Waals surface area contributed by atoms with Crippen LogP contribution in [0.15, 0.2) is 23.7 Å². The van der Waals surface area contributed by atoms with Crippen LogP contribution in [0.2, 0.25) is 0 Å². The predicted molar refractivity (Wildman–Crippen MR) is 111 cm³/mol. The van der Waals surface area contributed by atoms with Crippen LogP contribution in [-0.4, -0.2) is 69.8 Å². The SMILES string of the molecule is CN=C(NCC1CCCN(c2nccn3cnnc23)C1)NCC1CCCS1. The van der Waals surface area contributed by atoms with Crippen LogP contribution in [0.25, 0.3) is 5.65 Å². The molecule has 4 rings (SSSR count). The molecule has 0 spiro atoms. The molecular weight excluding hydrogens is 360 g/mol. The first-order chi connectivity index (χ1) is 13.3. The van der Waals surface area contributed by atoms with Crippen LogP contribution in [0.3, 0.4) is 0 Å². The summed E-state index contributed by atoms with van der Waals surface area (Å²) in [5, 5.41) is 16.0. The Bertz CT molecular complexity index is 770. The zero-order valence-corrected chi connectivity index (χ0v) is 16.7. The molecule has 2 aliphatic rings. The molecule has 0 aliphatic carbocycles. The maximum atomic E-state index is 4.57. The van der Waals surface area contributed by atoms with Crippen molar-refractivity contribution in [3.8, 4) is 0 Å². The summed E-state index contributed by atoms with van der Waals surface area (Å²) in [5.41, 5.74) is 0.831. The Morgan fingerprint density at radius 1 is 1.30 bits per heavy atom. The lowest BCUT2D eigenvalue weighted by Gasteiger charge is -2.33. The number of hydrogen-bond acceptors (Lipinski definition) is 6. The Hall–Kier alpha value is -2.03. The number of guanidine groups is 1. The number of anilines is 1. The van der Waals surface area contributed by atoms with Crippen LogP contribution in [0, 0.1) is 5.92 Å². The highest BCUT2D eigenvalue weighted by Crippen LogP contribution is 2.25. The minimum Gasteiger partial charge on any atom is -0.356 e. The van der Waals surface area contributed by atoms with Crippen molar-refractivity contribution in [3.05, 3.63) is 18.7 Å². The summed E-state index contributed by atoms with van der Waals surface area (Å²) in [7, 11) is 1.85. The molecular formula is C18H28N8S. The first-order valence-electron chi connectivity index (χ1n) is 9.79. The van der Waals surface area contributed by atoms with Crippen LogP contribution in [-0.2, 0) is 0 Å². The monoisotopic (exact) mass is 388 g/mol. The lowest BCUT2D eigenvalue weighted by atomic mass is 9.98. The summed E-state index contributed by atoms with van der Waals surface area (Å²) in [5.74, 6) is 3.70. The van der Waals surface area contributed by atoms with Gasteiger partial charge in [-0.3, -0.25) is 9.39 Å². The highest BCUT2D eigenvalue weighted by molar-refractivity contribution is 8.00. The molecule has 2 aliphatic heterocycles. The van der Waals surface area contributed by atoms with Gasteiger partial charge in [-0.2, -0.15) is 11.8 Å². The van der Waals surface area contributed by atoms with E-state index in [1.54, 1.807) is 6.33 Å². The standard InChI is InChI=1S/C18H28N8S/c1-19-18(22-11-15-5-3-9-27-15)21-10-14-4-2-7-25(12-14)16-17-24-23-13-26(17)8-6-20-16/h6,8,13-15H,2-5,7,9-12H2,1H3,(H2,19,21,22). The molecule has 0 aromatic carbocycles. The lowest BCUT2D eigenvalue weighted by molar-refractivity contribution is 0.408. The third-order valence-corrected chi connectivity index (χ3v) is 6.72. The number of nitrogens with one attached hydrogen (secondary N) is 2. The highest BCUT2D eigenvalue weighted by atomic mass is 32.2. The summed E-state index contributed by atoms with van der Waals surface area (Å²) >= 11 is 2.07. The number of aliphatic imine (C=N–C) groups is 1. The summed E-state index contributed by atoms with van der Waals surface area (Å²) < 4.78 is 1.93. The maximum absolute atomic E-state index is 4.57. The van der Waals surface area contributed by atoms with Crippen molar-refractivity contribution in [2.75, 3.05) is 43.9 Å². The number of thioether (sulfide) groups is 1. The van der Waals surface area contributed by atoms with Crippen molar-refractivity contribution < 1.29 is 0 Å². The van der Waals surface area contributed by atoms with Crippen molar-refractivity contribution in [3.63, 3.8) is 0 Å². The van der Waals surface area contributed by atoms with Gasteiger partial charge in [0.1, 0.15) is 6.33 Å². The van der Waals surface area contributed by atoms with Crippen molar-refractivity contribution >= 4 is 29.2 Å². The number of piperidine rings is 1. The third kappa shape index (κ3) is 4.45. The van der Waals surface area contributed by atoms with E-state index in [0.29, 0.717) is 5.92 Å². The molecule has 0 radical (unpaired) electrons. The van der Waals surface area contributed by atoms with Gasteiger partial charge < -0.3 is 15.5 Å². The van der Waals surface area contributed by atoms with E-state index in [0.717, 1.165) is 55.3 Å². The van der Waals surface area contributed by atoms with Gasteiger partial charge in [0.15, 0.2) is 11.8 Å². The zero-order valence-electron chi connectivity index (χ0n) is 15.8. The Kier molecular flexibility index (Phi) is 5.96. The molecule has 8 nitrogen and oxygen atoms in total. The van der Waals surface area contributed by atoms with Gasteiger partial charge in [0.25, 0.3) is 0 Å². The van der Waals surface area contributed by atoms with Gasteiger partial charge in [0.2, 0.25) is 5.65 Å². The first-order valence-corrected chi connectivity index (χ1v) is 10.8. The largest absolute Gasteiger partial charge is 0.356 e. The zero-order chi connectivity index (χ0) is 18.5. The second kappa shape index (κ2) is 8.77. The molecule has 9 heteroatoms. The van der Waals surface area contributed by atoms with Crippen LogP contribution < -0.4 is 15.5 Å². The van der Waals surface area contributed by atoms with Crippen LogP contribution in [0.1, 0.15) is 25.7 Å². The average molecular weight is 389 g/mol. The van der Waals surface area contributed by atoms with E-state index in [9.17, 15) is 0 Å². The summed E-state index contributed by atoms with van der Waals surface area (Å²) in [4.78, 5) is 11.3. The fourth-order valence-corrected chi connectivity index (χ4v) is 5.07. The first kappa shape index (κ1) is 18.3. The van der Waals surface area contributed by atoms with Crippen molar-refractivity contribution in [2.24, 2.45) is 10.9 Å². The average Bonchev–Trinajstić information content (AvgIpc) is 3.40. The molecule has 2 N–H and O–H groups in total. The topological polar surface area (TPSA) is 82.7 Å². The molecule has 4 heterocycles. The molecule has 0 amide bonds. The normalized spacial score (nSPS) is 23.7. The number of fused-ring (bicyclic) bond motifs is 1. The molecule has 146 valence electrons. The van der Waals surface area contributed by atoms with E-state index in [-0.39, 0.29) is 0 Å². The van der Waals surface area contributed by atoms with E-state index in [1.807, 2.05) is 23.8 Å². The second-order valence-electron chi connectivity index (χ2n) is 7.24. The smallest absolute Gasteiger partial charge is 0.203 e. The molecule has 0 bridgehead atoms. The number of nitrogens with zero attached hydrogens (tertiary/aromatic N) is 6. The van der Waals surface area contributed by atoms with Crippen molar-refractivity contribution in [2.45, 2.75) is 30.9 Å². The minimum atomic E-state index is 0.558. The van der Waals surface area contributed by atoms with E-state index in [4.69, 9.17) is 0 Å². The van der Waals surface area contributed by atoms with Gasteiger partial charge in [0, 0.05) is 50.9 Å². The fourth-order valence-electron chi connectivity index (χ4n) is 3.87.